The molecule has 3 nitrogen and oxygen atoms in total. The van der Waals surface area contributed by atoms with Crippen LogP contribution in [0.2, 0.25) is 0 Å². The van der Waals surface area contributed by atoms with Crippen LogP contribution < -0.4 is 0 Å². The number of nitriles is 1. The van der Waals surface area contributed by atoms with E-state index in [1.165, 1.54) is 11.8 Å². The number of fused-ring (bicyclic) bond motifs is 1. The zero-order valence-electron chi connectivity index (χ0n) is 6.54. The lowest BCUT2D eigenvalue weighted by atomic mass is 10.1. The van der Waals surface area contributed by atoms with Gasteiger partial charge in [-0.2, -0.15) is 5.26 Å². The molecule has 2 aliphatic heterocycles. The van der Waals surface area contributed by atoms with Crippen molar-refractivity contribution in [2.45, 2.75) is 12.8 Å². The summed E-state index contributed by atoms with van der Waals surface area (Å²) in [6.07, 6.45) is 1.77. The molecule has 1 fully saturated rings. The van der Waals surface area contributed by atoms with Gasteiger partial charge in [0.1, 0.15) is 0 Å². The first-order valence-corrected chi connectivity index (χ1v) is 4.88. The number of carbonyl (C=O) groups is 1. The second kappa shape index (κ2) is 2.83. The molecule has 2 rings (SSSR count). The van der Waals surface area contributed by atoms with E-state index < -0.39 is 0 Å². The Hall–Kier alpha value is -0.950. The van der Waals surface area contributed by atoms with Crippen molar-refractivity contribution in [3.63, 3.8) is 0 Å². The maximum Gasteiger partial charge on any atom is 0.237 e. The molecule has 0 aliphatic carbocycles. The molecule has 0 aromatic rings. The number of carbonyl (C=O) groups excluding carboxylic acids is 1. The number of allylic oxidation sites excluding steroid dienone is 1. The Labute approximate surface area is 75.0 Å². The quantitative estimate of drug-likeness (QED) is 0.560. The van der Waals surface area contributed by atoms with E-state index in [1.54, 1.807) is 4.90 Å². The van der Waals surface area contributed by atoms with Crippen molar-refractivity contribution < 1.29 is 4.79 Å². The van der Waals surface area contributed by atoms with Gasteiger partial charge in [0.05, 0.1) is 22.4 Å². The first-order valence-electron chi connectivity index (χ1n) is 3.89. The molecule has 2 aliphatic rings. The number of hydrogen-bond donors (Lipinski definition) is 0. The van der Waals surface area contributed by atoms with E-state index in [1.807, 2.05) is 0 Å². The molecule has 2 heterocycles. The Kier molecular flexibility index (Phi) is 1.81. The standard InChI is InChI=1S/C8H8N2OS/c9-4-6-2-1-3-10-7(11)5-12-8(6)10/h1-3,5H2. The van der Waals surface area contributed by atoms with Crippen LogP contribution in [-0.2, 0) is 4.79 Å². The highest BCUT2D eigenvalue weighted by molar-refractivity contribution is 8.04. The van der Waals surface area contributed by atoms with Gasteiger partial charge >= 0.3 is 0 Å². The van der Waals surface area contributed by atoms with Gasteiger partial charge < -0.3 is 4.90 Å². The van der Waals surface area contributed by atoms with Crippen LogP contribution in [0.3, 0.4) is 0 Å². The molecule has 1 amide bonds. The summed E-state index contributed by atoms with van der Waals surface area (Å²) in [4.78, 5) is 13.0. The third-order valence-electron chi connectivity index (χ3n) is 2.08. The Morgan fingerprint density at radius 2 is 2.42 bits per heavy atom. The highest BCUT2D eigenvalue weighted by atomic mass is 32.2. The van der Waals surface area contributed by atoms with Crippen LogP contribution in [0.5, 0.6) is 0 Å². The minimum atomic E-state index is 0.155. The molecule has 12 heavy (non-hydrogen) atoms. The predicted molar refractivity (Wildman–Crippen MR) is 46.0 cm³/mol. The van der Waals surface area contributed by atoms with Crippen molar-refractivity contribution in [2.75, 3.05) is 12.3 Å². The number of nitrogens with zero attached hydrogens (tertiary/aromatic N) is 2. The third-order valence-corrected chi connectivity index (χ3v) is 3.21. The van der Waals surface area contributed by atoms with E-state index in [0.717, 1.165) is 30.0 Å². The van der Waals surface area contributed by atoms with E-state index in [-0.39, 0.29) is 5.91 Å². The molecular weight excluding hydrogens is 172 g/mol. The van der Waals surface area contributed by atoms with Crippen molar-refractivity contribution in [3.05, 3.63) is 10.6 Å². The maximum absolute atomic E-state index is 11.2. The van der Waals surface area contributed by atoms with Crippen LogP contribution in [0, 0.1) is 11.3 Å². The highest BCUT2D eigenvalue weighted by Gasteiger charge is 2.31. The first-order chi connectivity index (χ1) is 5.83. The second-order valence-corrected chi connectivity index (χ2v) is 3.80. The van der Waals surface area contributed by atoms with Gasteiger partial charge in [-0.1, -0.05) is 11.8 Å². The number of thioether (sulfide) groups is 1. The van der Waals surface area contributed by atoms with Gasteiger partial charge in [0.2, 0.25) is 5.91 Å². The number of rotatable bonds is 0. The Bertz CT molecular complexity index is 303. The fourth-order valence-electron chi connectivity index (χ4n) is 1.50. The lowest BCUT2D eigenvalue weighted by Gasteiger charge is -2.22. The number of hydrogen-bond acceptors (Lipinski definition) is 3. The van der Waals surface area contributed by atoms with Gasteiger partial charge in [0, 0.05) is 6.54 Å². The van der Waals surface area contributed by atoms with E-state index >= 15 is 0 Å². The minimum Gasteiger partial charge on any atom is -0.305 e. The molecule has 0 spiro atoms. The molecular formula is C8H8N2OS. The van der Waals surface area contributed by atoms with Crippen molar-refractivity contribution in [1.29, 1.82) is 5.26 Å². The van der Waals surface area contributed by atoms with Crippen LogP contribution in [0.25, 0.3) is 0 Å². The Morgan fingerprint density at radius 1 is 1.58 bits per heavy atom. The van der Waals surface area contributed by atoms with E-state index in [0.29, 0.717) is 5.75 Å². The topological polar surface area (TPSA) is 44.1 Å². The van der Waals surface area contributed by atoms with Gasteiger partial charge in [0.15, 0.2) is 0 Å². The summed E-state index contributed by atoms with van der Waals surface area (Å²) in [5.41, 5.74) is 0.789. The molecule has 0 saturated carbocycles. The summed E-state index contributed by atoms with van der Waals surface area (Å²) < 4.78 is 0. The Balaban J connectivity index is 2.39. The molecule has 0 aromatic carbocycles. The smallest absolute Gasteiger partial charge is 0.237 e. The second-order valence-electron chi connectivity index (χ2n) is 2.83. The van der Waals surface area contributed by atoms with Crippen LogP contribution >= 0.6 is 11.8 Å². The fraction of sp³-hybridized carbons (Fsp3) is 0.500. The average Bonchev–Trinajstić information content (AvgIpc) is 2.48. The van der Waals surface area contributed by atoms with E-state index in [2.05, 4.69) is 6.07 Å². The van der Waals surface area contributed by atoms with Gasteiger partial charge in [-0.25, -0.2) is 0 Å². The third kappa shape index (κ3) is 1.01. The normalized spacial score (nSPS) is 22.6. The SMILES string of the molecule is N#CC1=C2SCC(=O)N2CCC1. The van der Waals surface area contributed by atoms with Gasteiger partial charge in [0.25, 0.3) is 0 Å². The predicted octanol–water partition coefficient (Wildman–Crippen LogP) is 1.09. The molecule has 0 bridgehead atoms. The van der Waals surface area contributed by atoms with Crippen molar-refractivity contribution in [2.24, 2.45) is 0 Å². The van der Waals surface area contributed by atoms with Crippen molar-refractivity contribution >= 4 is 17.7 Å². The van der Waals surface area contributed by atoms with E-state index in [9.17, 15) is 4.79 Å². The first kappa shape index (κ1) is 7.69. The zero-order valence-corrected chi connectivity index (χ0v) is 7.36. The molecule has 4 heteroatoms. The van der Waals surface area contributed by atoms with Crippen molar-refractivity contribution in [1.82, 2.24) is 4.90 Å². The average molecular weight is 180 g/mol. The maximum atomic E-state index is 11.2. The molecule has 62 valence electrons. The summed E-state index contributed by atoms with van der Waals surface area (Å²) in [7, 11) is 0. The van der Waals surface area contributed by atoms with Crippen LogP contribution in [0.4, 0.5) is 0 Å². The Morgan fingerprint density at radius 3 is 3.17 bits per heavy atom. The number of amides is 1. The van der Waals surface area contributed by atoms with E-state index in [4.69, 9.17) is 5.26 Å². The largest absolute Gasteiger partial charge is 0.305 e. The molecule has 0 unspecified atom stereocenters. The van der Waals surface area contributed by atoms with Crippen LogP contribution in [0.15, 0.2) is 10.6 Å². The summed E-state index contributed by atoms with van der Waals surface area (Å²) in [6.45, 7) is 0.798. The fourth-order valence-corrected chi connectivity index (χ4v) is 2.59. The molecule has 0 N–H and O–H groups in total. The molecule has 0 radical (unpaired) electrons. The lowest BCUT2D eigenvalue weighted by Crippen LogP contribution is -2.28. The summed E-state index contributed by atoms with van der Waals surface area (Å²) in [5.74, 6) is 0.669. The summed E-state index contributed by atoms with van der Waals surface area (Å²) in [6, 6.07) is 2.16. The summed E-state index contributed by atoms with van der Waals surface area (Å²) >= 11 is 1.50. The van der Waals surface area contributed by atoms with Crippen LogP contribution in [-0.4, -0.2) is 23.1 Å². The lowest BCUT2D eigenvalue weighted by molar-refractivity contribution is -0.125. The van der Waals surface area contributed by atoms with Gasteiger partial charge in [-0.15, -0.1) is 0 Å². The summed E-state index contributed by atoms with van der Waals surface area (Å²) in [5, 5.41) is 9.68. The van der Waals surface area contributed by atoms with Crippen molar-refractivity contribution in [3.8, 4) is 6.07 Å². The molecule has 0 atom stereocenters. The van der Waals surface area contributed by atoms with Gasteiger partial charge in [-0.05, 0) is 12.8 Å². The molecule has 1 saturated heterocycles. The van der Waals surface area contributed by atoms with Gasteiger partial charge in [-0.3, -0.25) is 4.79 Å². The zero-order chi connectivity index (χ0) is 8.55. The highest BCUT2D eigenvalue weighted by Crippen LogP contribution is 2.35. The minimum absolute atomic E-state index is 0.155. The monoisotopic (exact) mass is 180 g/mol. The molecule has 0 aromatic heterocycles. The van der Waals surface area contributed by atoms with Crippen LogP contribution in [0.1, 0.15) is 12.8 Å².